The molecule has 6 heteroatoms. The maximum Gasteiger partial charge on any atom is 0.338 e. The van der Waals surface area contributed by atoms with Crippen LogP contribution in [0.3, 0.4) is 0 Å². The van der Waals surface area contributed by atoms with Crippen molar-refractivity contribution in [2.45, 2.75) is 51.5 Å². The van der Waals surface area contributed by atoms with Crippen LogP contribution in [0.5, 0.6) is 0 Å². The van der Waals surface area contributed by atoms with Gasteiger partial charge in [-0.25, -0.2) is 4.79 Å². The first-order chi connectivity index (χ1) is 19.2. The van der Waals surface area contributed by atoms with Gasteiger partial charge in [-0.15, -0.1) is 0 Å². The third-order valence-electron chi connectivity index (χ3n) is 7.52. The topological polar surface area (TPSA) is 57.2 Å². The molecule has 1 aliphatic rings. The van der Waals surface area contributed by atoms with Gasteiger partial charge in [0.05, 0.1) is 38.6 Å². The molecule has 1 fully saturated rings. The number of fused-ring (bicyclic) bond motifs is 1. The monoisotopic (exact) mass is 533 g/mol. The van der Waals surface area contributed by atoms with Crippen molar-refractivity contribution < 1.29 is 23.7 Å². The number of benzene rings is 3. The van der Waals surface area contributed by atoms with Crippen molar-refractivity contribution in [2.75, 3.05) is 57.7 Å². The van der Waals surface area contributed by atoms with E-state index in [1.54, 1.807) is 0 Å². The van der Waals surface area contributed by atoms with E-state index in [-0.39, 0.29) is 12.6 Å². The van der Waals surface area contributed by atoms with Gasteiger partial charge in [-0.3, -0.25) is 0 Å². The lowest BCUT2D eigenvalue weighted by atomic mass is 9.80. The van der Waals surface area contributed by atoms with Gasteiger partial charge in [0.15, 0.2) is 0 Å². The van der Waals surface area contributed by atoms with Gasteiger partial charge in [0.2, 0.25) is 0 Å². The highest BCUT2D eigenvalue weighted by molar-refractivity contribution is 5.89. The van der Waals surface area contributed by atoms with E-state index >= 15 is 0 Å². The Morgan fingerprint density at radius 1 is 0.795 bits per heavy atom. The van der Waals surface area contributed by atoms with E-state index in [2.05, 4.69) is 66.4 Å². The minimum atomic E-state index is -0.312. The zero-order chi connectivity index (χ0) is 27.3. The maximum atomic E-state index is 12.5. The summed E-state index contributed by atoms with van der Waals surface area (Å²) in [6, 6.07) is 23.9. The van der Waals surface area contributed by atoms with Crippen LogP contribution < -0.4 is 4.90 Å². The molecule has 1 aliphatic carbocycles. The lowest BCUT2D eigenvalue weighted by Gasteiger charge is -2.39. The van der Waals surface area contributed by atoms with Crippen LogP contribution in [0.1, 0.15) is 61.4 Å². The lowest BCUT2D eigenvalue weighted by molar-refractivity contribution is 0.00180. The van der Waals surface area contributed by atoms with Gasteiger partial charge in [-0.1, -0.05) is 48.9 Å². The first-order valence-corrected chi connectivity index (χ1v) is 14.4. The Hall–Kier alpha value is -2.93. The summed E-state index contributed by atoms with van der Waals surface area (Å²) < 4.78 is 21.5. The molecule has 3 aromatic carbocycles. The molecule has 0 saturated heterocycles. The predicted octanol–water partition coefficient (Wildman–Crippen LogP) is 6.62. The quantitative estimate of drug-likeness (QED) is 0.162. The highest BCUT2D eigenvalue weighted by atomic mass is 16.6. The van der Waals surface area contributed by atoms with Crippen molar-refractivity contribution in [3.63, 3.8) is 0 Å². The smallest absolute Gasteiger partial charge is 0.338 e. The second-order valence-corrected chi connectivity index (χ2v) is 10.0. The van der Waals surface area contributed by atoms with Gasteiger partial charge in [0, 0.05) is 24.9 Å². The summed E-state index contributed by atoms with van der Waals surface area (Å²) in [5.41, 5.74) is 3.19. The molecule has 1 saturated carbocycles. The van der Waals surface area contributed by atoms with Crippen LogP contribution in [0.4, 0.5) is 5.69 Å². The predicted molar refractivity (Wildman–Crippen MR) is 157 cm³/mol. The molecule has 0 spiro atoms. The van der Waals surface area contributed by atoms with Crippen LogP contribution >= 0.6 is 0 Å². The van der Waals surface area contributed by atoms with Gasteiger partial charge in [0.1, 0.15) is 6.61 Å². The molecule has 4 rings (SSSR count). The molecule has 0 amide bonds. The standard InChI is InChI=1S/C33H43NO5/c1-3-34(32-17-16-26-8-5-6-9-29(26)25-32)31-11-7-10-30(24-31)27-12-14-28(15-13-27)33(35)39-23-22-38-21-20-37-19-18-36-4-2/h5-6,8-9,12-17,25,30-31H,3-4,7,10-11,18-24H2,1-2H3. The zero-order valence-corrected chi connectivity index (χ0v) is 23.5. The van der Waals surface area contributed by atoms with Gasteiger partial charge in [0.25, 0.3) is 0 Å². The molecular formula is C33H43NO5. The van der Waals surface area contributed by atoms with E-state index in [0.717, 1.165) is 13.0 Å². The molecule has 3 aromatic rings. The maximum absolute atomic E-state index is 12.5. The van der Waals surface area contributed by atoms with Crippen molar-refractivity contribution in [3.8, 4) is 0 Å². The first kappa shape index (κ1) is 29.1. The SMILES string of the molecule is CCOCCOCCOCCOC(=O)c1ccc(C2CCCC(N(CC)c3ccc4ccccc4c3)C2)cc1. The minimum Gasteiger partial charge on any atom is -0.460 e. The van der Waals surface area contributed by atoms with Crippen molar-refractivity contribution >= 4 is 22.4 Å². The Balaban J connectivity index is 1.24. The average Bonchev–Trinajstić information content (AvgIpc) is 2.98. The van der Waals surface area contributed by atoms with Gasteiger partial charge in [-0.05, 0) is 79.6 Å². The molecule has 0 heterocycles. The number of esters is 1. The molecule has 39 heavy (non-hydrogen) atoms. The second kappa shape index (κ2) is 15.6. The molecule has 0 aromatic heterocycles. The lowest BCUT2D eigenvalue weighted by Crippen LogP contribution is -2.38. The Bertz CT molecular complexity index is 1150. The molecular weight excluding hydrogens is 490 g/mol. The van der Waals surface area contributed by atoms with Crippen LogP contribution in [0.25, 0.3) is 10.8 Å². The third kappa shape index (κ3) is 8.53. The summed E-state index contributed by atoms with van der Waals surface area (Å²) in [5.74, 6) is 0.181. The molecule has 2 unspecified atom stereocenters. The Labute approximate surface area is 233 Å². The first-order valence-electron chi connectivity index (χ1n) is 14.4. The highest BCUT2D eigenvalue weighted by Crippen LogP contribution is 2.37. The number of anilines is 1. The fourth-order valence-corrected chi connectivity index (χ4v) is 5.51. The van der Waals surface area contributed by atoms with E-state index in [9.17, 15) is 4.79 Å². The van der Waals surface area contributed by atoms with Crippen molar-refractivity contribution in [1.29, 1.82) is 0 Å². The summed E-state index contributed by atoms with van der Waals surface area (Å²) in [7, 11) is 0. The summed E-state index contributed by atoms with van der Waals surface area (Å²) in [5, 5.41) is 2.57. The molecule has 6 nitrogen and oxygen atoms in total. The van der Waals surface area contributed by atoms with Gasteiger partial charge >= 0.3 is 5.97 Å². The minimum absolute atomic E-state index is 0.228. The van der Waals surface area contributed by atoms with Crippen LogP contribution in [-0.4, -0.2) is 64.8 Å². The Morgan fingerprint density at radius 3 is 2.21 bits per heavy atom. The largest absolute Gasteiger partial charge is 0.460 e. The molecule has 210 valence electrons. The van der Waals surface area contributed by atoms with Crippen LogP contribution in [0.15, 0.2) is 66.7 Å². The molecule has 0 radical (unpaired) electrons. The number of hydrogen-bond acceptors (Lipinski definition) is 6. The third-order valence-corrected chi connectivity index (χ3v) is 7.52. The molecule has 2 atom stereocenters. The Kier molecular flexibility index (Phi) is 11.6. The van der Waals surface area contributed by atoms with E-state index < -0.39 is 0 Å². The summed E-state index contributed by atoms with van der Waals surface area (Å²) >= 11 is 0. The zero-order valence-electron chi connectivity index (χ0n) is 23.5. The Morgan fingerprint density at radius 2 is 1.49 bits per heavy atom. The van der Waals surface area contributed by atoms with E-state index in [1.807, 2.05) is 19.1 Å². The molecule has 0 N–H and O–H groups in total. The van der Waals surface area contributed by atoms with Gasteiger partial charge < -0.3 is 23.8 Å². The van der Waals surface area contributed by atoms with E-state index in [4.69, 9.17) is 18.9 Å². The number of nitrogens with zero attached hydrogens (tertiary/aromatic N) is 1. The van der Waals surface area contributed by atoms with E-state index in [0.29, 0.717) is 57.2 Å². The number of carbonyl (C=O) groups excluding carboxylic acids is 1. The second-order valence-electron chi connectivity index (χ2n) is 10.0. The molecule has 0 bridgehead atoms. The molecule has 0 aliphatic heterocycles. The number of hydrogen-bond donors (Lipinski definition) is 0. The summed E-state index contributed by atoms with van der Waals surface area (Å²) in [6.07, 6.45) is 4.73. The van der Waals surface area contributed by atoms with Crippen LogP contribution in [-0.2, 0) is 18.9 Å². The number of carbonyl (C=O) groups is 1. The average molecular weight is 534 g/mol. The number of ether oxygens (including phenoxy) is 4. The van der Waals surface area contributed by atoms with Crippen LogP contribution in [0, 0.1) is 0 Å². The fourth-order valence-electron chi connectivity index (χ4n) is 5.51. The fraction of sp³-hybridized carbons (Fsp3) is 0.485. The van der Waals surface area contributed by atoms with Crippen molar-refractivity contribution in [3.05, 3.63) is 77.9 Å². The highest BCUT2D eigenvalue weighted by Gasteiger charge is 2.27. The van der Waals surface area contributed by atoms with Crippen molar-refractivity contribution in [2.24, 2.45) is 0 Å². The van der Waals surface area contributed by atoms with Gasteiger partial charge in [-0.2, -0.15) is 0 Å². The van der Waals surface area contributed by atoms with Crippen molar-refractivity contribution in [1.82, 2.24) is 0 Å². The number of rotatable bonds is 15. The van der Waals surface area contributed by atoms with E-state index in [1.165, 1.54) is 41.3 Å². The summed E-state index contributed by atoms with van der Waals surface area (Å²) in [4.78, 5) is 15.0. The summed E-state index contributed by atoms with van der Waals surface area (Å²) in [6.45, 7) is 8.60. The van der Waals surface area contributed by atoms with Crippen LogP contribution in [0.2, 0.25) is 0 Å². The normalized spacial score (nSPS) is 17.3.